The van der Waals surface area contributed by atoms with Crippen LogP contribution >= 0.6 is 11.3 Å². The quantitative estimate of drug-likeness (QED) is 0.730. The van der Waals surface area contributed by atoms with E-state index in [9.17, 15) is 10.1 Å². The average molecular weight is 388 g/mol. The van der Waals surface area contributed by atoms with E-state index in [2.05, 4.69) is 51.2 Å². The number of carbonyl (C=O) groups excluding carboxylic acids is 1. The van der Waals surface area contributed by atoms with Gasteiger partial charge in [0.15, 0.2) is 0 Å². The average Bonchev–Trinajstić information content (AvgIpc) is 2.88. The van der Waals surface area contributed by atoms with Crippen LogP contribution in [0.25, 0.3) is 10.1 Å². The number of benzene rings is 1. The van der Waals surface area contributed by atoms with Gasteiger partial charge in [-0.2, -0.15) is 5.26 Å². The summed E-state index contributed by atoms with van der Waals surface area (Å²) in [6.45, 7) is 10.3. The van der Waals surface area contributed by atoms with Gasteiger partial charge in [0, 0.05) is 29.7 Å². The molecule has 0 aliphatic heterocycles. The monoisotopic (exact) mass is 387 g/mol. The molecule has 1 aromatic heterocycles. The van der Waals surface area contributed by atoms with Crippen molar-refractivity contribution < 1.29 is 9.53 Å². The first kappa shape index (κ1) is 21.4. The summed E-state index contributed by atoms with van der Waals surface area (Å²) in [5.41, 5.74) is 7.05. The predicted octanol–water partition coefficient (Wildman–Crippen LogP) is 4.54. The number of nitrogens with two attached hydrogens (primary N) is 1. The fraction of sp³-hybridized carbons (Fsp3) is 0.524. The van der Waals surface area contributed by atoms with E-state index in [1.54, 1.807) is 14.0 Å². The second-order valence-corrected chi connectivity index (χ2v) is 9.44. The summed E-state index contributed by atoms with van der Waals surface area (Å²) < 4.78 is 6.59. The molecule has 27 heavy (non-hydrogen) atoms. The minimum absolute atomic E-state index is 0.0944. The van der Waals surface area contributed by atoms with Gasteiger partial charge in [0.1, 0.15) is 11.1 Å². The maximum absolute atomic E-state index is 12.1. The highest BCUT2D eigenvalue weighted by Gasteiger charge is 2.30. The third-order valence-electron chi connectivity index (χ3n) is 4.76. The van der Waals surface area contributed by atoms with Gasteiger partial charge in [0.05, 0.1) is 11.2 Å². The van der Waals surface area contributed by atoms with Gasteiger partial charge < -0.3 is 15.8 Å². The molecule has 1 aromatic carbocycles. The number of thiophene rings is 1. The molecule has 0 aliphatic rings. The summed E-state index contributed by atoms with van der Waals surface area (Å²) in [4.78, 5) is 12.1. The molecule has 2 rings (SSSR count). The third-order valence-corrected chi connectivity index (χ3v) is 5.83. The van der Waals surface area contributed by atoms with E-state index < -0.39 is 0 Å². The Balaban J connectivity index is 2.40. The molecule has 0 spiro atoms. The number of anilines is 1. The first-order chi connectivity index (χ1) is 12.5. The van der Waals surface area contributed by atoms with Gasteiger partial charge in [-0.05, 0) is 44.2 Å². The normalized spacial score (nSPS) is 13.4. The highest BCUT2D eigenvalue weighted by Crippen LogP contribution is 2.40. The van der Waals surface area contributed by atoms with E-state index >= 15 is 0 Å². The predicted molar refractivity (Wildman–Crippen MR) is 112 cm³/mol. The van der Waals surface area contributed by atoms with E-state index in [4.69, 9.17) is 10.5 Å². The molecule has 2 aromatic rings. The Hall–Kier alpha value is -1.94. The van der Waals surface area contributed by atoms with Crippen molar-refractivity contribution in [3.63, 3.8) is 0 Å². The Kier molecular flexibility index (Phi) is 6.31. The number of rotatable bonds is 7. The van der Waals surface area contributed by atoms with E-state index in [0.717, 1.165) is 16.5 Å². The van der Waals surface area contributed by atoms with Crippen LogP contribution in [-0.2, 0) is 14.9 Å². The fourth-order valence-corrected chi connectivity index (χ4v) is 4.53. The zero-order chi connectivity index (χ0) is 20.4. The lowest BCUT2D eigenvalue weighted by molar-refractivity contribution is -0.116. The minimum Gasteiger partial charge on any atom is -0.379 e. The molecule has 0 saturated heterocycles. The van der Waals surface area contributed by atoms with Gasteiger partial charge in [-0.25, -0.2) is 0 Å². The molecule has 0 aliphatic carbocycles. The number of fused-ring (bicyclic) bond motifs is 1. The number of amides is 1. The Morgan fingerprint density at radius 1 is 1.37 bits per heavy atom. The molecule has 3 N–H and O–H groups in total. The first-order valence-corrected chi connectivity index (χ1v) is 9.88. The van der Waals surface area contributed by atoms with Crippen LogP contribution in [0.1, 0.15) is 58.6 Å². The molecule has 0 bridgehead atoms. The van der Waals surface area contributed by atoms with Gasteiger partial charge in [-0.15, -0.1) is 11.3 Å². The topological polar surface area (TPSA) is 88.1 Å². The number of methoxy groups -OCH3 is 1. The van der Waals surface area contributed by atoms with Gasteiger partial charge in [-0.1, -0.05) is 26.0 Å². The van der Waals surface area contributed by atoms with Crippen LogP contribution in [-0.4, -0.2) is 24.7 Å². The van der Waals surface area contributed by atoms with E-state index in [0.29, 0.717) is 10.6 Å². The standard InChI is InChI=1S/C21H29N3O2S/c1-13(23)9-18(25)24-19-16(11-22)15-8-7-14(10-17(15)27-19)20(2,3)12-21(4,5)26-6/h7-8,10,13H,9,12,23H2,1-6H3,(H,24,25)/t13-/m1/s1. The smallest absolute Gasteiger partial charge is 0.226 e. The van der Waals surface area contributed by atoms with Crippen LogP contribution in [0, 0.1) is 11.3 Å². The molecule has 0 fully saturated rings. The molecule has 1 heterocycles. The molecule has 6 heteroatoms. The van der Waals surface area contributed by atoms with Crippen molar-refractivity contribution in [1.82, 2.24) is 0 Å². The lowest BCUT2D eigenvalue weighted by atomic mass is 9.76. The molecular formula is C21H29N3O2S. The third kappa shape index (κ3) is 5.07. The van der Waals surface area contributed by atoms with Gasteiger partial charge in [-0.3, -0.25) is 4.79 Å². The molecule has 1 amide bonds. The second kappa shape index (κ2) is 7.97. The largest absolute Gasteiger partial charge is 0.379 e. The van der Waals surface area contributed by atoms with Crippen LogP contribution in [0.2, 0.25) is 0 Å². The van der Waals surface area contributed by atoms with Crippen LogP contribution < -0.4 is 11.1 Å². The summed E-state index contributed by atoms with van der Waals surface area (Å²) >= 11 is 1.43. The highest BCUT2D eigenvalue weighted by atomic mass is 32.1. The van der Waals surface area contributed by atoms with Crippen molar-refractivity contribution in [2.75, 3.05) is 12.4 Å². The molecule has 5 nitrogen and oxygen atoms in total. The van der Waals surface area contributed by atoms with Crippen molar-refractivity contribution in [2.45, 2.75) is 64.5 Å². The highest BCUT2D eigenvalue weighted by molar-refractivity contribution is 7.23. The summed E-state index contributed by atoms with van der Waals surface area (Å²) in [6.07, 6.45) is 1.08. The van der Waals surface area contributed by atoms with Crippen LogP contribution in [0.4, 0.5) is 5.00 Å². The van der Waals surface area contributed by atoms with Gasteiger partial charge in [0.25, 0.3) is 0 Å². The second-order valence-electron chi connectivity index (χ2n) is 8.38. The van der Waals surface area contributed by atoms with Crippen molar-refractivity contribution in [1.29, 1.82) is 5.26 Å². The first-order valence-electron chi connectivity index (χ1n) is 9.07. The SMILES string of the molecule is COC(C)(C)CC(C)(C)c1ccc2c(C#N)c(NC(=O)C[C@@H](C)N)sc2c1. The lowest BCUT2D eigenvalue weighted by Crippen LogP contribution is -2.33. The van der Waals surface area contributed by atoms with Crippen LogP contribution in [0.15, 0.2) is 18.2 Å². The van der Waals surface area contributed by atoms with Crippen molar-refractivity contribution in [3.05, 3.63) is 29.3 Å². The summed E-state index contributed by atoms with van der Waals surface area (Å²) in [5.74, 6) is -0.171. The van der Waals surface area contributed by atoms with Gasteiger partial charge >= 0.3 is 0 Å². The lowest BCUT2D eigenvalue weighted by Gasteiger charge is -2.34. The number of ether oxygens (including phenoxy) is 1. The van der Waals surface area contributed by atoms with Crippen molar-refractivity contribution in [3.8, 4) is 6.07 Å². The van der Waals surface area contributed by atoms with Gasteiger partial charge in [0.2, 0.25) is 5.91 Å². The summed E-state index contributed by atoms with van der Waals surface area (Å²) in [5, 5.41) is 13.9. The number of carbonyl (C=O) groups is 1. The molecule has 0 saturated carbocycles. The van der Waals surface area contributed by atoms with E-state index in [1.165, 1.54) is 16.9 Å². The molecule has 0 unspecified atom stereocenters. The van der Waals surface area contributed by atoms with E-state index in [1.807, 2.05) is 6.07 Å². The zero-order valence-electron chi connectivity index (χ0n) is 17.0. The minimum atomic E-state index is -0.232. The zero-order valence-corrected chi connectivity index (χ0v) is 17.8. The number of hydrogen-bond donors (Lipinski definition) is 2. The summed E-state index contributed by atoms with van der Waals surface area (Å²) in [7, 11) is 1.73. The number of nitrogens with zero attached hydrogens (tertiary/aromatic N) is 1. The van der Waals surface area contributed by atoms with E-state index in [-0.39, 0.29) is 29.4 Å². The summed E-state index contributed by atoms with van der Waals surface area (Å²) in [6, 6.07) is 8.16. The Labute approximate surface area is 165 Å². The molecular weight excluding hydrogens is 358 g/mol. The maximum Gasteiger partial charge on any atom is 0.226 e. The van der Waals surface area contributed by atoms with Crippen LogP contribution in [0.5, 0.6) is 0 Å². The van der Waals surface area contributed by atoms with Crippen molar-refractivity contribution in [2.24, 2.45) is 5.73 Å². The molecule has 1 atom stereocenters. The fourth-order valence-electron chi connectivity index (χ4n) is 3.43. The Morgan fingerprint density at radius 2 is 2.04 bits per heavy atom. The number of hydrogen-bond acceptors (Lipinski definition) is 5. The Bertz CT molecular complexity index is 875. The number of nitriles is 1. The number of nitrogens with one attached hydrogen (secondary N) is 1. The molecule has 0 radical (unpaired) electrons. The van der Waals surface area contributed by atoms with Crippen molar-refractivity contribution >= 4 is 32.3 Å². The Morgan fingerprint density at radius 3 is 2.59 bits per heavy atom. The maximum atomic E-state index is 12.1. The van der Waals surface area contributed by atoms with Crippen LogP contribution in [0.3, 0.4) is 0 Å². The molecule has 146 valence electrons.